The fourth-order valence-corrected chi connectivity index (χ4v) is 6.02. The molecule has 0 heterocycles. The number of Topliss-reactive ketones (excluding diaryl/α,β-unsaturated/α-hetero) is 1. The van der Waals surface area contributed by atoms with E-state index in [1.807, 2.05) is 0 Å². The largest absolute Gasteiger partial charge is 0.393 e. The first-order valence-corrected chi connectivity index (χ1v) is 8.50. The zero-order chi connectivity index (χ0) is 13.9. The van der Waals surface area contributed by atoms with E-state index in [4.69, 9.17) is 0 Å². The molecule has 2 saturated carbocycles. The quantitative estimate of drug-likeness (QED) is 0.685. The number of carbonyl (C=O) groups is 1. The molecule has 0 bridgehead atoms. The van der Waals surface area contributed by atoms with Crippen molar-refractivity contribution in [3.63, 3.8) is 0 Å². The number of rotatable bonds is 0. The topological polar surface area (TPSA) is 37.3 Å². The maximum atomic E-state index is 11.7. The van der Waals surface area contributed by atoms with E-state index in [1.165, 1.54) is 31.3 Å². The molecule has 0 unspecified atom stereocenters. The van der Waals surface area contributed by atoms with Gasteiger partial charge in [-0.05, 0) is 68.1 Å². The molecule has 0 aliphatic heterocycles. The lowest BCUT2D eigenvalue weighted by Crippen LogP contribution is -2.45. The van der Waals surface area contributed by atoms with Gasteiger partial charge >= 0.3 is 0 Å². The van der Waals surface area contributed by atoms with E-state index < -0.39 is 0 Å². The molecule has 4 aliphatic rings. The van der Waals surface area contributed by atoms with Crippen molar-refractivity contribution in [2.24, 2.45) is 23.2 Å². The predicted octanol–water partition coefficient (Wildman–Crippen LogP) is 3.63. The van der Waals surface area contributed by atoms with Gasteiger partial charge < -0.3 is 5.11 Å². The van der Waals surface area contributed by atoms with Crippen molar-refractivity contribution in [3.8, 4) is 0 Å². The molecule has 0 aromatic carbocycles. The van der Waals surface area contributed by atoms with E-state index in [1.54, 1.807) is 5.57 Å². The van der Waals surface area contributed by atoms with Crippen LogP contribution in [0.2, 0.25) is 0 Å². The molecule has 5 atom stereocenters. The summed E-state index contributed by atoms with van der Waals surface area (Å²) in [6.45, 7) is 2.33. The molecule has 20 heavy (non-hydrogen) atoms. The summed E-state index contributed by atoms with van der Waals surface area (Å²) in [5, 5.41) is 10.4. The second-order valence-corrected chi connectivity index (χ2v) is 7.90. The Labute approximate surface area is 121 Å². The number of allylic oxidation sites excluding steroid dienone is 2. The van der Waals surface area contributed by atoms with Crippen LogP contribution in [0.1, 0.15) is 64.7 Å². The van der Waals surface area contributed by atoms with E-state index >= 15 is 0 Å². The van der Waals surface area contributed by atoms with Crippen LogP contribution in [0.4, 0.5) is 0 Å². The highest BCUT2D eigenvalue weighted by atomic mass is 16.3. The molecule has 2 heteroatoms. The highest BCUT2D eigenvalue weighted by molar-refractivity contribution is 5.82. The number of hydrogen-bond donors (Lipinski definition) is 1. The minimum absolute atomic E-state index is 0.0724. The van der Waals surface area contributed by atoms with Crippen molar-refractivity contribution in [2.75, 3.05) is 0 Å². The molecular weight excluding hydrogens is 248 g/mol. The molecule has 0 radical (unpaired) electrons. The Morgan fingerprint density at radius 1 is 1.10 bits per heavy atom. The Morgan fingerprint density at radius 2 is 1.95 bits per heavy atom. The van der Waals surface area contributed by atoms with Gasteiger partial charge in [-0.3, -0.25) is 4.79 Å². The Balaban J connectivity index is 1.65. The number of ketones is 1. The standard InChI is InChI=1S/C18H26O2/c1-18-9-8-14-13-5-3-12(19)10-11(13)2-4-15(14)16(18)6-7-17(18)20/h14-17,20H,2-10H2,1H3/t14-,15-,16+,17+,18+/m0/s1. The summed E-state index contributed by atoms with van der Waals surface area (Å²) in [5.74, 6) is 2.72. The van der Waals surface area contributed by atoms with E-state index in [0.29, 0.717) is 5.78 Å². The molecule has 0 saturated heterocycles. The molecule has 0 amide bonds. The lowest BCUT2D eigenvalue weighted by Gasteiger charge is -2.51. The minimum atomic E-state index is -0.0724. The smallest absolute Gasteiger partial charge is 0.137 e. The molecule has 4 rings (SSSR count). The molecule has 1 N–H and O–H groups in total. The molecule has 0 aromatic heterocycles. The van der Waals surface area contributed by atoms with Crippen LogP contribution in [-0.4, -0.2) is 17.0 Å². The summed E-state index contributed by atoms with van der Waals surface area (Å²) in [5.41, 5.74) is 3.36. The predicted molar refractivity (Wildman–Crippen MR) is 78.2 cm³/mol. The van der Waals surface area contributed by atoms with Crippen LogP contribution in [0, 0.1) is 23.2 Å². The summed E-state index contributed by atoms with van der Waals surface area (Å²) in [4.78, 5) is 11.7. The van der Waals surface area contributed by atoms with Crippen molar-refractivity contribution < 1.29 is 9.90 Å². The second kappa shape index (κ2) is 4.43. The van der Waals surface area contributed by atoms with Crippen LogP contribution < -0.4 is 0 Å². The van der Waals surface area contributed by atoms with Crippen LogP contribution in [0.3, 0.4) is 0 Å². The van der Waals surface area contributed by atoms with Gasteiger partial charge in [0, 0.05) is 12.8 Å². The number of hydrogen-bond acceptors (Lipinski definition) is 2. The molecular formula is C18H26O2. The molecule has 0 aromatic rings. The first-order valence-electron chi connectivity index (χ1n) is 8.50. The van der Waals surface area contributed by atoms with Gasteiger partial charge in [0.2, 0.25) is 0 Å². The highest BCUT2D eigenvalue weighted by Crippen LogP contribution is 2.60. The number of carbonyl (C=O) groups excluding carboxylic acids is 1. The van der Waals surface area contributed by atoms with Crippen molar-refractivity contribution in [1.29, 1.82) is 0 Å². The number of aliphatic hydroxyl groups is 1. The van der Waals surface area contributed by atoms with Crippen molar-refractivity contribution in [2.45, 2.75) is 70.8 Å². The lowest BCUT2D eigenvalue weighted by molar-refractivity contribution is -0.119. The van der Waals surface area contributed by atoms with Gasteiger partial charge in [0.05, 0.1) is 6.10 Å². The summed E-state index contributed by atoms with van der Waals surface area (Å²) in [7, 11) is 0. The Kier molecular flexibility index (Phi) is 2.89. The molecule has 2 fully saturated rings. The van der Waals surface area contributed by atoms with Gasteiger partial charge in [0.1, 0.15) is 5.78 Å². The van der Waals surface area contributed by atoms with Crippen molar-refractivity contribution in [1.82, 2.24) is 0 Å². The van der Waals surface area contributed by atoms with Crippen LogP contribution in [-0.2, 0) is 4.79 Å². The summed E-state index contributed by atoms with van der Waals surface area (Å²) < 4.78 is 0. The molecule has 0 spiro atoms. The summed E-state index contributed by atoms with van der Waals surface area (Å²) in [6.07, 6.45) is 9.60. The monoisotopic (exact) mass is 274 g/mol. The van der Waals surface area contributed by atoms with Crippen LogP contribution >= 0.6 is 0 Å². The fraction of sp³-hybridized carbons (Fsp3) is 0.833. The van der Waals surface area contributed by atoms with Crippen LogP contribution in [0.5, 0.6) is 0 Å². The molecule has 4 aliphatic carbocycles. The molecule has 110 valence electrons. The van der Waals surface area contributed by atoms with Gasteiger partial charge in [-0.25, -0.2) is 0 Å². The molecule has 2 nitrogen and oxygen atoms in total. The van der Waals surface area contributed by atoms with Gasteiger partial charge in [-0.1, -0.05) is 18.1 Å². The average molecular weight is 274 g/mol. The highest BCUT2D eigenvalue weighted by Gasteiger charge is 2.54. The third-order valence-corrected chi connectivity index (χ3v) is 7.15. The normalized spacial score (nSPS) is 47.8. The zero-order valence-corrected chi connectivity index (χ0v) is 12.5. The SMILES string of the molecule is C[C@@]12CC[C@H]3C4=C(CC[C@@H]3[C@H]1CC[C@H]2O)CC(=O)CC4. The van der Waals surface area contributed by atoms with Gasteiger partial charge in [-0.15, -0.1) is 0 Å². The maximum absolute atomic E-state index is 11.7. The Morgan fingerprint density at radius 3 is 2.80 bits per heavy atom. The van der Waals surface area contributed by atoms with E-state index in [-0.39, 0.29) is 11.5 Å². The number of aliphatic hydroxyl groups excluding tert-OH is 1. The van der Waals surface area contributed by atoms with Gasteiger partial charge in [0.25, 0.3) is 0 Å². The van der Waals surface area contributed by atoms with Gasteiger partial charge in [0.15, 0.2) is 0 Å². The van der Waals surface area contributed by atoms with Crippen LogP contribution in [0.25, 0.3) is 0 Å². The third-order valence-electron chi connectivity index (χ3n) is 7.15. The minimum Gasteiger partial charge on any atom is -0.393 e. The third kappa shape index (κ3) is 1.70. The van der Waals surface area contributed by atoms with Gasteiger partial charge in [-0.2, -0.15) is 0 Å². The van der Waals surface area contributed by atoms with Crippen molar-refractivity contribution >= 4 is 5.78 Å². The van der Waals surface area contributed by atoms with Crippen molar-refractivity contribution in [3.05, 3.63) is 11.1 Å². The Hall–Kier alpha value is -0.630. The first-order chi connectivity index (χ1) is 9.59. The maximum Gasteiger partial charge on any atom is 0.137 e. The number of fused-ring (bicyclic) bond motifs is 4. The zero-order valence-electron chi connectivity index (χ0n) is 12.5. The average Bonchev–Trinajstić information content (AvgIpc) is 2.74. The van der Waals surface area contributed by atoms with E-state index in [0.717, 1.165) is 49.9 Å². The summed E-state index contributed by atoms with van der Waals surface area (Å²) in [6, 6.07) is 0. The van der Waals surface area contributed by atoms with E-state index in [2.05, 4.69) is 6.92 Å². The summed E-state index contributed by atoms with van der Waals surface area (Å²) >= 11 is 0. The Bertz CT molecular complexity index is 478. The second-order valence-electron chi connectivity index (χ2n) is 7.90. The lowest BCUT2D eigenvalue weighted by atomic mass is 9.54. The van der Waals surface area contributed by atoms with Crippen LogP contribution in [0.15, 0.2) is 11.1 Å². The van der Waals surface area contributed by atoms with E-state index in [9.17, 15) is 9.90 Å². The fourth-order valence-electron chi connectivity index (χ4n) is 6.02. The first kappa shape index (κ1) is 13.1.